The van der Waals surface area contributed by atoms with Gasteiger partial charge in [0.2, 0.25) is 5.91 Å². The van der Waals surface area contributed by atoms with E-state index in [4.69, 9.17) is 9.47 Å². The zero-order chi connectivity index (χ0) is 22.1. The average Bonchev–Trinajstić information content (AvgIpc) is 2.79. The van der Waals surface area contributed by atoms with Crippen LogP contribution in [0.3, 0.4) is 0 Å². The summed E-state index contributed by atoms with van der Waals surface area (Å²) in [5, 5.41) is 6.13. The van der Waals surface area contributed by atoms with Crippen molar-refractivity contribution in [3.8, 4) is 11.5 Å². The monoisotopic (exact) mass is 553 g/mol. The molecule has 1 heterocycles. The number of nitrogens with one attached hydrogen (secondary N) is 2. The number of hydrogen-bond acceptors (Lipinski definition) is 5. The minimum atomic E-state index is -0.103. The molecule has 8 nitrogen and oxygen atoms in total. The van der Waals surface area contributed by atoms with Crippen LogP contribution in [-0.2, 0) is 4.79 Å². The van der Waals surface area contributed by atoms with Gasteiger partial charge in [0.15, 0.2) is 5.96 Å². The summed E-state index contributed by atoms with van der Waals surface area (Å²) in [6.07, 6.45) is 0. The van der Waals surface area contributed by atoms with Crippen molar-refractivity contribution in [3.05, 3.63) is 48.5 Å². The summed E-state index contributed by atoms with van der Waals surface area (Å²) < 4.78 is 11.1. The molecule has 2 N–H and O–H groups in total. The van der Waals surface area contributed by atoms with E-state index >= 15 is 0 Å². The molecule has 0 spiro atoms. The maximum atomic E-state index is 11.2. The normalized spacial score (nSPS) is 13.8. The van der Waals surface area contributed by atoms with Crippen molar-refractivity contribution in [2.24, 2.45) is 4.99 Å². The van der Waals surface area contributed by atoms with E-state index in [1.54, 1.807) is 14.2 Å². The Labute approximate surface area is 207 Å². The van der Waals surface area contributed by atoms with Gasteiger partial charge in [-0.25, -0.2) is 0 Å². The molecule has 1 aliphatic rings. The standard InChI is InChI=1S/C23H31N5O3.HI/c1-18(29)26-19-6-4-9-22(16-19)31-15-10-25-23(24-2)28-13-11-27(12-14-28)20-7-5-8-21(17-20)30-3;/h4-9,16-17H,10-15H2,1-3H3,(H,24,25)(H,26,29);1H. The van der Waals surface area contributed by atoms with Crippen LogP contribution in [0.1, 0.15) is 6.92 Å². The molecule has 1 fully saturated rings. The number of ether oxygens (including phenoxy) is 2. The van der Waals surface area contributed by atoms with Crippen molar-refractivity contribution in [1.29, 1.82) is 0 Å². The molecule has 3 rings (SSSR count). The van der Waals surface area contributed by atoms with Crippen molar-refractivity contribution in [3.63, 3.8) is 0 Å². The van der Waals surface area contributed by atoms with Gasteiger partial charge in [0.25, 0.3) is 0 Å². The molecule has 1 saturated heterocycles. The second-order valence-corrected chi connectivity index (χ2v) is 7.21. The van der Waals surface area contributed by atoms with Crippen molar-refractivity contribution in [1.82, 2.24) is 10.2 Å². The number of rotatable bonds is 7. The zero-order valence-corrected chi connectivity index (χ0v) is 21.2. The van der Waals surface area contributed by atoms with E-state index in [1.165, 1.54) is 12.6 Å². The van der Waals surface area contributed by atoms with E-state index in [0.717, 1.165) is 49.3 Å². The van der Waals surface area contributed by atoms with Gasteiger partial charge in [-0.05, 0) is 24.3 Å². The summed E-state index contributed by atoms with van der Waals surface area (Å²) in [6.45, 7) is 6.21. The quantitative estimate of drug-likeness (QED) is 0.238. The molecule has 0 aromatic heterocycles. The lowest BCUT2D eigenvalue weighted by molar-refractivity contribution is -0.114. The van der Waals surface area contributed by atoms with E-state index in [9.17, 15) is 4.79 Å². The number of nitrogens with zero attached hydrogens (tertiary/aromatic N) is 3. The van der Waals surface area contributed by atoms with Crippen LogP contribution in [0.4, 0.5) is 11.4 Å². The fourth-order valence-electron chi connectivity index (χ4n) is 3.51. The first-order valence-corrected chi connectivity index (χ1v) is 10.4. The highest BCUT2D eigenvalue weighted by atomic mass is 127. The minimum absolute atomic E-state index is 0. The highest BCUT2D eigenvalue weighted by Crippen LogP contribution is 2.22. The maximum absolute atomic E-state index is 11.2. The van der Waals surface area contributed by atoms with E-state index in [-0.39, 0.29) is 29.9 Å². The molecular formula is C23H32IN5O3. The number of guanidine groups is 1. The molecule has 174 valence electrons. The molecule has 0 bridgehead atoms. The van der Waals surface area contributed by atoms with Gasteiger partial charge in [-0.1, -0.05) is 12.1 Å². The SMILES string of the molecule is CN=C(NCCOc1cccc(NC(C)=O)c1)N1CCN(c2cccc(OC)c2)CC1.I. The van der Waals surface area contributed by atoms with Crippen molar-refractivity contribution in [2.45, 2.75) is 6.92 Å². The lowest BCUT2D eigenvalue weighted by atomic mass is 10.2. The summed E-state index contributed by atoms with van der Waals surface area (Å²) in [6, 6.07) is 15.5. The predicted octanol–water partition coefficient (Wildman–Crippen LogP) is 3.05. The summed E-state index contributed by atoms with van der Waals surface area (Å²) in [4.78, 5) is 20.2. The van der Waals surface area contributed by atoms with E-state index in [1.807, 2.05) is 36.4 Å². The topological polar surface area (TPSA) is 78.4 Å². The smallest absolute Gasteiger partial charge is 0.221 e. The molecule has 0 saturated carbocycles. The highest BCUT2D eigenvalue weighted by Gasteiger charge is 2.20. The van der Waals surface area contributed by atoms with Gasteiger partial charge >= 0.3 is 0 Å². The number of benzene rings is 2. The molecule has 32 heavy (non-hydrogen) atoms. The molecule has 9 heteroatoms. The van der Waals surface area contributed by atoms with Crippen LogP contribution in [0.15, 0.2) is 53.5 Å². The first kappa shape index (κ1) is 25.6. The van der Waals surface area contributed by atoms with E-state index < -0.39 is 0 Å². The van der Waals surface area contributed by atoms with Gasteiger partial charge in [-0.3, -0.25) is 9.79 Å². The third-order valence-corrected chi connectivity index (χ3v) is 5.02. The highest BCUT2D eigenvalue weighted by molar-refractivity contribution is 14.0. The zero-order valence-electron chi connectivity index (χ0n) is 18.8. The average molecular weight is 553 g/mol. The number of piperazine rings is 1. The van der Waals surface area contributed by atoms with Gasteiger partial charge in [-0.2, -0.15) is 0 Å². The molecule has 1 amide bonds. The van der Waals surface area contributed by atoms with E-state index in [0.29, 0.717) is 13.2 Å². The Morgan fingerprint density at radius 2 is 1.78 bits per heavy atom. The number of amides is 1. The van der Waals surface area contributed by atoms with Crippen LogP contribution < -0.4 is 25.0 Å². The lowest BCUT2D eigenvalue weighted by Gasteiger charge is -2.37. The Balaban J connectivity index is 0.00000363. The molecule has 0 radical (unpaired) electrons. The molecule has 0 atom stereocenters. The largest absolute Gasteiger partial charge is 0.497 e. The Hall–Kier alpha value is -2.69. The maximum Gasteiger partial charge on any atom is 0.221 e. The van der Waals surface area contributed by atoms with Crippen LogP contribution >= 0.6 is 24.0 Å². The first-order chi connectivity index (χ1) is 15.1. The number of halogens is 1. The van der Waals surface area contributed by atoms with Crippen molar-refractivity contribution in [2.75, 3.05) is 63.7 Å². The third-order valence-electron chi connectivity index (χ3n) is 5.02. The summed E-state index contributed by atoms with van der Waals surface area (Å²) in [5.41, 5.74) is 1.90. The number of methoxy groups -OCH3 is 1. The molecule has 1 aliphatic heterocycles. The number of carbonyl (C=O) groups excluding carboxylic acids is 1. The molecule has 0 aliphatic carbocycles. The summed E-state index contributed by atoms with van der Waals surface area (Å²) in [5.74, 6) is 2.37. The third kappa shape index (κ3) is 7.47. The van der Waals surface area contributed by atoms with Gasteiger partial charge in [0.1, 0.15) is 18.1 Å². The Morgan fingerprint density at radius 3 is 2.47 bits per heavy atom. The van der Waals surface area contributed by atoms with E-state index in [2.05, 4.69) is 37.6 Å². The van der Waals surface area contributed by atoms with Crippen LogP contribution in [0.2, 0.25) is 0 Å². The van der Waals surface area contributed by atoms with Crippen LogP contribution in [-0.4, -0.2) is 70.3 Å². The number of aliphatic imine (C=N–C) groups is 1. The van der Waals surface area contributed by atoms with Crippen molar-refractivity contribution < 1.29 is 14.3 Å². The Morgan fingerprint density at radius 1 is 1.06 bits per heavy atom. The fourth-order valence-corrected chi connectivity index (χ4v) is 3.51. The van der Waals surface area contributed by atoms with Gasteiger partial charge < -0.3 is 29.9 Å². The minimum Gasteiger partial charge on any atom is -0.497 e. The molecule has 0 unspecified atom stereocenters. The molecule has 2 aromatic rings. The van der Waals surface area contributed by atoms with Gasteiger partial charge in [0, 0.05) is 63.7 Å². The van der Waals surface area contributed by atoms with Crippen LogP contribution in [0, 0.1) is 0 Å². The molecular weight excluding hydrogens is 521 g/mol. The summed E-state index contributed by atoms with van der Waals surface area (Å²) in [7, 11) is 3.49. The molecule has 2 aromatic carbocycles. The van der Waals surface area contributed by atoms with Crippen LogP contribution in [0.5, 0.6) is 11.5 Å². The number of hydrogen-bond donors (Lipinski definition) is 2. The van der Waals surface area contributed by atoms with Crippen molar-refractivity contribution >= 4 is 47.2 Å². The van der Waals surface area contributed by atoms with Crippen LogP contribution in [0.25, 0.3) is 0 Å². The van der Waals surface area contributed by atoms with Gasteiger partial charge in [0.05, 0.1) is 13.7 Å². The number of carbonyl (C=O) groups is 1. The number of anilines is 2. The second-order valence-electron chi connectivity index (χ2n) is 7.21. The Bertz CT molecular complexity index is 901. The lowest BCUT2D eigenvalue weighted by Crippen LogP contribution is -2.53. The summed E-state index contributed by atoms with van der Waals surface area (Å²) >= 11 is 0. The first-order valence-electron chi connectivity index (χ1n) is 10.4. The fraction of sp³-hybridized carbons (Fsp3) is 0.391. The predicted molar refractivity (Wildman–Crippen MR) is 140 cm³/mol. The van der Waals surface area contributed by atoms with Gasteiger partial charge in [-0.15, -0.1) is 24.0 Å². The Kier molecular flexibility index (Phi) is 10.4. The second kappa shape index (κ2) is 13.0.